The number of carbonyl (C=O) groups excluding carboxylic acids is 4. The highest BCUT2D eigenvalue weighted by atomic mass is 32.2. The van der Waals surface area contributed by atoms with Crippen molar-refractivity contribution in [3.63, 3.8) is 0 Å². The smallest absolute Gasteiger partial charge is 0.305 e. The van der Waals surface area contributed by atoms with Crippen LogP contribution in [-0.4, -0.2) is 89.0 Å². The molecule has 10 heteroatoms. The van der Waals surface area contributed by atoms with Gasteiger partial charge < -0.3 is 25.4 Å². The van der Waals surface area contributed by atoms with E-state index in [2.05, 4.69) is 4.74 Å². The van der Waals surface area contributed by atoms with Crippen molar-refractivity contribution >= 4 is 35.5 Å². The van der Waals surface area contributed by atoms with Crippen LogP contribution >= 0.6 is 11.8 Å². The number of esters is 1. The highest BCUT2D eigenvalue weighted by molar-refractivity contribution is 7.99. The third kappa shape index (κ3) is 10.3. The maximum absolute atomic E-state index is 13.2. The second kappa shape index (κ2) is 13.5. The summed E-state index contributed by atoms with van der Waals surface area (Å²) < 4.78 is 4.61. The summed E-state index contributed by atoms with van der Waals surface area (Å²) in [4.78, 5) is 51.4. The molecule has 3 N–H and O–H groups in total. The van der Waals surface area contributed by atoms with Crippen LogP contribution < -0.4 is 5.73 Å². The molecule has 0 bridgehead atoms. The molecule has 0 rings (SSSR count). The monoisotopic (exact) mass is 447 g/mol. The maximum Gasteiger partial charge on any atom is 0.305 e. The van der Waals surface area contributed by atoms with Gasteiger partial charge in [-0.15, -0.1) is 0 Å². The molecule has 0 radical (unpaired) electrons. The number of primary amides is 1. The number of ether oxygens (including phenoxy) is 1. The summed E-state index contributed by atoms with van der Waals surface area (Å²) in [7, 11) is 4.35. The van der Waals surface area contributed by atoms with E-state index < -0.39 is 29.5 Å². The minimum Gasteiger partial charge on any atom is -0.469 e. The van der Waals surface area contributed by atoms with E-state index in [9.17, 15) is 24.3 Å². The summed E-state index contributed by atoms with van der Waals surface area (Å²) in [6, 6.07) is -1.79. The number of thioether (sulfide) groups is 1. The van der Waals surface area contributed by atoms with Crippen LogP contribution in [0.15, 0.2) is 0 Å². The summed E-state index contributed by atoms with van der Waals surface area (Å²) in [6.07, 6.45) is 1.80. The molecule has 9 nitrogen and oxygen atoms in total. The lowest BCUT2D eigenvalue weighted by Crippen LogP contribution is -2.56. The van der Waals surface area contributed by atoms with Crippen molar-refractivity contribution in [1.29, 1.82) is 0 Å². The Kier molecular flexibility index (Phi) is 12.7. The lowest BCUT2D eigenvalue weighted by atomic mass is 9.97. The second-order valence-corrected chi connectivity index (χ2v) is 9.06. The topological polar surface area (TPSA) is 130 Å². The fourth-order valence-corrected chi connectivity index (χ4v) is 3.92. The summed E-state index contributed by atoms with van der Waals surface area (Å²) in [5, 5.41) is 10.1. The van der Waals surface area contributed by atoms with Crippen molar-refractivity contribution in [2.24, 2.45) is 5.73 Å². The van der Waals surface area contributed by atoms with Crippen molar-refractivity contribution in [2.75, 3.05) is 32.7 Å². The molecular weight excluding hydrogens is 410 g/mol. The number of methoxy groups -OCH3 is 1. The van der Waals surface area contributed by atoms with Crippen LogP contribution in [-0.2, 0) is 23.9 Å². The molecule has 30 heavy (non-hydrogen) atoms. The quantitative estimate of drug-likeness (QED) is 0.297. The molecule has 2 atom stereocenters. The number of amides is 3. The van der Waals surface area contributed by atoms with E-state index in [1.807, 2.05) is 6.92 Å². The zero-order valence-electron chi connectivity index (χ0n) is 19.0. The SMILES string of the molecule is CCCC(=O)N(C)[C@H](CSCCCC(=O)OC)C(=O)N(C)[C@@H](CC(C)(C)O)C(N)=O. The van der Waals surface area contributed by atoms with Gasteiger partial charge in [0.1, 0.15) is 12.1 Å². The van der Waals surface area contributed by atoms with Crippen molar-refractivity contribution in [3.8, 4) is 0 Å². The van der Waals surface area contributed by atoms with E-state index >= 15 is 0 Å². The van der Waals surface area contributed by atoms with Crippen LogP contribution in [0.4, 0.5) is 0 Å². The Labute approximate surface area is 183 Å². The van der Waals surface area contributed by atoms with E-state index in [1.165, 1.54) is 49.6 Å². The second-order valence-electron chi connectivity index (χ2n) is 7.91. The fraction of sp³-hybridized carbons (Fsp3) is 0.800. The Bertz CT molecular complexity index is 594. The van der Waals surface area contributed by atoms with E-state index in [1.54, 1.807) is 7.05 Å². The molecule has 0 aromatic heterocycles. The minimum absolute atomic E-state index is 0.0177. The number of likely N-dealkylation sites (N-methyl/N-ethyl adjacent to an activating group) is 2. The van der Waals surface area contributed by atoms with Gasteiger partial charge >= 0.3 is 5.97 Å². The predicted octanol–water partition coefficient (Wildman–Crippen LogP) is 0.773. The molecule has 0 saturated carbocycles. The van der Waals surface area contributed by atoms with Crippen LogP contribution in [0.2, 0.25) is 0 Å². The van der Waals surface area contributed by atoms with Crippen LogP contribution in [0.5, 0.6) is 0 Å². The molecule has 174 valence electrons. The van der Waals surface area contributed by atoms with E-state index in [0.717, 1.165) is 0 Å². The molecule has 0 fully saturated rings. The van der Waals surface area contributed by atoms with E-state index in [4.69, 9.17) is 5.73 Å². The van der Waals surface area contributed by atoms with Gasteiger partial charge in [0.2, 0.25) is 17.7 Å². The Hall–Kier alpha value is -1.81. The number of aliphatic hydroxyl groups is 1. The van der Waals surface area contributed by atoms with Gasteiger partial charge in [-0.05, 0) is 32.4 Å². The zero-order valence-corrected chi connectivity index (χ0v) is 19.8. The van der Waals surface area contributed by atoms with Crippen LogP contribution in [0.1, 0.15) is 52.9 Å². The van der Waals surface area contributed by atoms with Crippen molar-refractivity contribution in [2.45, 2.75) is 70.6 Å². The molecule has 0 aliphatic heterocycles. The molecule has 0 aromatic rings. The molecule has 0 unspecified atom stereocenters. The van der Waals surface area contributed by atoms with Crippen molar-refractivity contribution < 1.29 is 29.0 Å². The minimum atomic E-state index is -1.20. The molecule has 0 spiro atoms. The Balaban J connectivity index is 5.34. The molecule has 0 heterocycles. The number of nitrogens with two attached hydrogens (primary N) is 1. The molecular formula is C20H37N3O6S. The third-order valence-electron chi connectivity index (χ3n) is 4.62. The highest BCUT2D eigenvalue weighted by Gasteiger charge is 2.36. The van der Waals surface area contributed by atoms with Gasteiger partial charge in [-0.25, -0.2) is 0 Å². The molecule has 3 amide bonds. The maximum atomic E-state index is 13.2. The molecule has 0 aliphatic rings. The summed E-state index contributed by atoms with van der Waals surface area (Å²) in [5.74, 6) is -0.687. The van der Waals surface area contributed by atoms with Gasteiger partial charge in [0.25, 0.3) is 0 Å². The van der Waals surface area contributed by atoms with Crippen molar-refractivity contribution in [3.05, 3.63) is 0 Å². The standard InChI is InChI=1S/C20H37N3O6S/c1-7-9-16(24)22(4)15(13-30-11-8-10-17(25)29-6)19(27)23(5)14(18(21)26)12-20(2,3)28/h14-15,28H,7-13H2,1-6H3,(H2,21,26)/t14-,15+/m0/s1. The number of carbonyl (C=O) groups is 4. The number of rotatable bonds is 14. The predicted molar refractivity (Wildman–Crippen MR) is 117 cm³/mol. The lowest BCUT2D eigenvalue weighted by Gasteiger charge is -2.35. The first kappa shape index (κ1) is 28.2. The number of hydrogen-bond donors (Lipinski definition) is 2. The van der Waals surface area contributed by atoms with Crippen LogP contribution in [0.3, 0.4) is 0 Å². The molecule has 0 aliphatic carbocycles. The van der Waals surface area contributed by atoms with Gasteiger partial charge in [-0.1, -0.05) is 6.92 Å². The average molecular weight is 448 g/mol. The summed E-state index contributed by atoms with van der Waals surface area (Å²) in [5.41, 5.74) is 4.28. The van der Waals surface area contributed by atoms with Gasteiger partial charge in [0.15, 0.2) is 0 Å². The first-order valence-electron chi connectivity index (χ1n) is 10.0. The Morgan fingerprint density at radius 2 is 1.70 bits per heavy atom. The first-order chi connectivity index (χ1) is 13.9. The van der Waals surface area contributed by atoms with Crippen molar-refractivity contribution in [1.82, 2.24) is 9.80 Å². The first-order valence-corrected chi connectivity index (χ1v) is 11.2. The van der Waals surface area contributed by atoms with Gasteiger partial charge in [-0.3, -0.25) is 19.2 Å². The van der Waals surface area contributed by atoms with Gasteiger partial charge in [-0.2, -0.15) is 11.8 Å². The summed E-state index contributed by atoms with van der Waals surface area (Å²) >= 11 is 1.44. The Morgan fingerprint density at radius 1 is 1.10 bits per heavy atom. The van der Waals surface area contributed by atoms with E-state index in [-0.39, 0.29) is 24.7 Å². The van der Waals surface area contributed by atoms with Gasteiger partial charge in [0, 0.05) is 39.1 Å². The third-order valence-corrected chi connectivity index (χ3v) is 5.75. The van der Waals surface area contributed by atoms with Crippen LogP contribution in [0, 0.1) is 0 Å². The molecule has 0 aromatic carbocycles. The number of hydrogen-bond acceptors (Lipinski definition) is 7. The normalized spacial score (nSPS) is 13.3. The summed E-state index contributed by atoms with van der Waals surface area (Å²) in [6.45, 7) is 4.95. The van der Waals surface area contributed by atoms with E-state index in [0.29, 0.717) is 30.8 Å². The molecule has 0 saturated heterocycles. The van der Waals surface area contributed by atoms with Gasteiger partial charge in [0.05, 0.1) is 12.7 Å². The highest BCUT2D eigenvalue weighted by Crippen LogP contribution is 2.19. The average Bonchev–Trinajstić information content (AvgIpc) is 2.66. The fourth-order valence-electron chi connectivity index (χ4n) is 2.82. The zero-order chi connectivity index (χ0) is 23.5. The number of nitrogens with zero attached hydrogens (tertiary/aromatic N) is 2. The van der Waals surface area contributed by atoms with Crippen LogP contribution in [0.25, 0.3) is 0 Å². The Morgan fingerprint density at radius 3 is 2.17 bits per heavy atom. The lowest BCUT2D eigenvalue weighted by molar-refractivity contribution is -0.147. The largest absolute Gasteiger partial charge is 0.469 e.